The minimum absolute atomic E-state index is 0.135. The number of aryl methyl sites for hydroxylation is 1. The molecule has 5 nitrogen and oxygen atoms in total. The van der Waals surface area contributed by atoms with E-state index in [0.717, 1.165) is 38.4 Å². The van der Waals surface area contributed by atoms with Gasteiger partial charge in [0.05, 0.1) is 4.87 Å². The van der Waals surface area contributed by atoms with Crippen molar-refractivity contribution >= 4 is 29.3 Å². The highest BCUT2D eigenvalue weighted by Crippen LogP contribution is 2.47. The highest BCUT2D eigenvalue weighted by atomic mass is 32.2. The Morgan fingerprint density at radius 3 is 2.64 bits per heavy atom. The van der Waals surface area contributed by atoms with Crippen molar-refractivity contribution in [2.75, 3.05) is 36.8 Å². The molecule has 0 radical (unpaired) electrons. The average molecular weight is 359 g/mol. The zero-order valence-corrected chi connectivity index (χ0v) is 15.7. The summed E-state index contributed by atoms with van der Waals surface area (Å²) >= 11 is 1.77. The van der Waals surface area contributed by atoms with E-state index in [1.54, 1.807) is 11.8 Å². The van der Waals surface area contributed by atoms with Gasteiger partial charge >= 0.3 is 0 Å². The Morgan fingerprint density at radius 1 is 1.20 bits per heavy atom. The number of benzene rings is 1. The first-order chi connectivity index (χ1) is 12.0. The number of thioether (sulfide) groups is 1. The topological polar surface area (TPSA) is 43.9 Å². The summed E-state index contributed by atoms with van der Waals surface area (Å²) in [5.41, 5.74) is 2.53. The van der Waals surface area contributed by atoms with Crippen molar-refractivity contribution in [2.24, 2.45) is 0 Å². The molecule has 0 spiro atoms. The van der Waals surface area contributed by atoms with Crippen molar-refractivity contribution in [2.45, 2.75) is 37.6 Å². The number of fused-ring (bicyclic) bond motifs is 1. The fourth-order valence-corrected chi connectivity index (χ4v) is 5.72. The molecular formula is C19H25N3O2S. The Morgan fingerprint density at radius 2 is 1.92 bits per heavy atom. The molecule has 6 heteroatoms. The number of hydrogen-bond donors (Lipinski definition) is 0. The predicted octanol–water partition coefficient (Wildman–Crippen LogP) is 2.10. The number of nitrogens with zero attached hydrogens (tertiary/aromatic N) is 3. The fraction of sp³-hybridized carbons (Fsp3) is 0.579. The van der Waals surface area contributed by atoms with Crippen LogP contribution in [0, 0.1) is 6.92 Å². The van der Waals surface area contributed by atoms with E-state index in [9.17, 15) is 9.59 Å². The van der Waals surface area contributed by atoms with Crippen LogP contribution in [0.2, 0.25) is 0 Å². The maximum absolute atomic E-state index is 13.0. The first-order valence-electron chi connectivity index (χ1n) is 9.05. The minimum Gasteiger partial charge on any atom is -0.368 e. The lowest BCUT2D eigenvalue weighted by molar-refractivity contribution is -0.143. The number of rotatable bonds is 2. The molecule has 0 saturated carbocycles. The van der Waals surface area contributed by atoms with Crippen LogP contribution in [-0.2, 0) is 9.59 Å². The van der Waals surface area contributed by atoms with Gasteiger partial charge in [-0.2, -0.15) is 0 Å². The molecule has 0 aromatic heterocycles. The number of amides is 2. The third kappa shape index (κ3) is 2.80. The zero-order valence-electron chi connectivity index (χ0n) is 14.9. The van der Waals surface area contributed by atoms with Crippen molar-refractivity contribution in [3.05, 3.63) is 29.8 Å². The van der Waals surface area contributed by atoms with E-state index in [4.69, 9.17) is 0 Å². The molecule has 3 saturated heterocycles. The smallest absolute Gasteiger partial charge is 0.246 e. The molecule has 1 aromatic carbocycles. The molecule has 25 heavy (non-hydrogen) atoms. The molecule has 3 aliphatic heterocycles. The molecule has 1 aromatic rings. The fourth-order valence-electron chi connectivity index (χ4n) is 4.30. The zero-order chi connectivity index (χ0) is 17.6. The van der Waals surface area contributed by atoms with E-state index < -0.39 is 0 Å². The first-order valence-corrected chi connectivity index (χ1v) is 10.0. The van der Waals surface area contributed by atoms with E-state index >= 15 is 0 Å². The van der Waals surface area contributed by atoms with Crippen molar-refractivity contribution in [3.8, 4) is 0 Å². The highest BCUT2D eigenvalue weighted by molar-refractivity contribution is 8.01. The molecule has 2 unspecified atom stereocenters. The number of piperazine rings is 1. The highest BCUT2D eigenvalue weighted by Gasteiger charge is 2.53. The Hall–Kier alpha value is -1.69. The summed E-state index contributed by atoms with van der Waals surface area (Å²) in [5.74, 6) is 1.01. The van der Waals surface area contributed by atoms with E-state index in [2.05, 4.69) is 43.0 Å². The van der Waals surface area contributed by atoms with E-state index in [0.29, 0.717) is 6.42 Å². The van der Waals surface area contributed by atoms with E-state index in [-0.39, 0.29) is 22.7 Å². The van der Waals surface area contributed by atoms with Crippen LogP contribution in [0.25, 0.3) is 0 Å². The molecule has 0 N–H and O–H groups in total. The second kappa shape index (κ2) is 6.24. The summed E-state index contributed by atoms with van der Waals surface area (Å²) in [6.07, 6.45) is 1.44. The van der Waals surface area contributed by atoms with Crippen LogP contribution >= 0.6 is 11.8 Å². The maximum atomic E-state index is 13.0. The first kappa shape index (κ1) is 16.8. The average Bonchev–Trinajstić information content (AvgIpc) is 3.11. The monoisotopic (exact) mass is 359 g/mol. The van der Waals surface area contributed by atoms with Gasteiger partial charge in [0.15, 0.2) is 0 Å². The minimum atomic E-state index is -0.269. The van der Waals surface area contributed by atoms with Crippen molar-refractivity contribution < 1.29 is 9.59 Å². The third-order valence-electron chi connectivity index (χ3n) is 5.78. The molecule has 3 aliphatic rings. The summed E-state index contributed by atoms with van der Waals surface area (Å²) in [6, 6.07) is 8.13. The molecule has 4 rings (SSSR count). The van der Waals surface area contributed by atoms with Crippen LogP contribution in [0.5, 0.6) is 0 Å². The van der Waals surface area contributed by atoms with Crippen molar-refractivity contribution in [3.63, 3.8) is 0 Å². The van der Waals surface area contributed by atoms with Crippen LogP contribution in [0.15, 0.2) is 24.3 Å². The molecule has 0 aliphatic carbocycles. The number of carbonyl (C=O) groups excluding carboxylic acids is 2. The summed E-state index contributed by atoms with van der Waals surface area (Å²) in [4.78, 5) is 31.3. The summed E-state index contributed by atoms with van der Waals surface area (Å²) in [5, 5.41) is 0. The summed E-state index contributed by atoms with van der Waals surface area (Å²) < 4.78 is 0. The van der Waals surface area contributed by atoms with Crippen LogP contribution < -0.4 is 4.90 Å². The van der Waals surface area contributed by atoms with E-state index in [1.165, 1.54) is 11.3 Å². The van der Waals surface area contributed by atoms with Gasteiger partial charge in [0, 0.05) is 44.0 Å². The van der Waals surface area contributed by atoms with Gasteiger partial charge in [0.2, 0.25) is 11.8 Å². The lowest BCUT2D eigenvalue weighted by atomic mass is 10.1. The number of carbonyl (C=O) groups is 2. The Bertz CT molecular complexity index is 702. The lowest BCUT2D eigenvalue weighted by Gasteiger charge is -2.39. The molecule has 2 amide bonds. The van der Waals surface area contributed by atoms with Crippen molar-refractivity contribution in [1.29, 1.82) is 0 Å². The molecule has 3 heterocycles. The van der Waals surface area contributed by atoms with E-state index in [1.807, 2.05) is 9.80 Å². The second-order valence-electron chi connectivity index (χ2n) is 7.36. The molecule has 3 fully saturated rings. The number of hydrogen-bond acceptors (Lipinski definition) is 4. The van der Waals surface area contributed by atoms with Gasteiger partial charge in [-0.15, -0.1) is 11.8 Å². The maximum Gasteiger partial charge on any atom is 0.246 e. The van der Waals surface area contributed by atoms with Crippen LogP contribution in [0.3, 0.4) is 0 Å². The van der Waals surface area contributed by atoms with Gasteiger partial charge in [-0.05, 0) is 31.9 Å². The second-order valence-corrected chi connectivity index (χ2v) is 8.87. The third-order valence-corrected chi connectivity index (χ3v) is 7.28. The van der Waals surface area contributed by atoms with Gasteiger partial charge in [0.1, 0.15) is 6.04 Å². The van der Waals surface area contributed by atoms with Gasteiger partial charge in [-0.3, -0.25) is 9.59 Å². The van der Waals surface area contributed by atoms with Gasteiger partial charge in [-0.25, -0.2) is 0 Å². The SMILES string of the molecule is Cc1ccccc1N1CCN(C(=O)C2CSC3(C)CCC(=O)N23)CC1. The van der Waals surface area contributed by atoms with Crippen LogP contribution in [0.4, 0.5) is 5.69 Å². The summed E-state index contributed by atoms with van der Waals surface area (Å²) in [6.45, 7) is 7.39. The molecule has 2 atom stereocenters. The lowest BCUT2D eigenvalue weighted by Crippen LogP contribution is -2.56. The summed E-state index contributed by atoms with van der Waals surface area (Å²) in [7, 11) is 0. The van der Waals surface area contributed by atoms with Crippen LogP contribution in [-0.4, -0.2) is 64.5 Å². The molecule has 134 valence electrons. The van der Waals surface area contributed by atoms with Crippen LogP contribution in [0.1, 0.15) is 25.3 Å². The molecule has 0 bridgehead atoms. The standard InChI is InChI=1S/C19H25N3O2S/c1-14-5-3-4-6-15(14)20-9-11-21(12-10-20)18(24)16-13-25-19(2)8-7-17(23)22(16)19/h3-6,16H,7-13H2,1-2H3. The number of anilines is 1. The largest absolute Gasteiger partial charge is 0.368 e. The Balaban J connectivity index is 1.42. The van der Waals surface area contributed by atoms with Gasteiger partial charge in [-0.1, -0.05) is 18.2 Å². The molecular weight excluding hydrogens is 334 g/mol. The predicted molar refractivity (Wildman–Crippen MR) is 101 cm³/mol. The van der Waals surface area contributed by atoms with Gasteiger partial charge in [0.25, 0.3) is 0 Å². The normalized spacial score (nSPS) is 29.3. The van der Waals surface area contributed by atoms with Gasteiger partial charge < -0.3 is 14.7 Å². The Labute approximate surface area is 153 Å². The Kier molecular flexibility index (Phi) is 4.18. The van der Waals surface area contributed by atoms with Crippen molar-refractivity contribution in [1.82, 2.24) is 9.80 Å². The quantitative estimate of drug-likeness (QED) is 0.811. The number of para-hydroxylation sites is 1.